The predicted molar refractivity (Wildman–Crippen MR) is 141 cm³/mol. The number of carbonyl (C=O) groups excluding carboxylic acids is 2. The maximum atomic E-state index is 13.7. The van der Waals surface area contributed by atoms with Gasteiger partial charge in [-0.2, -0.15) is 0 Å². The fraction of sp³-hybridized carbons (Fsp3) is 0.630. The van der Waals surface area contributed by atoms with E-state index in [1.165, 1.54) is 12.8 Å². The highest BCUT2D eigenvalue weighted by Crippen LogP contribution is 2.24. The molecule has 0 spiro atoms. The van der Waals surface area contributed by atoms with Crippen LogP contribution in [0.4, 0.5) is 0 Å². The minimum atomic E-state index is -0.537. The number of piperazine rings is 1. The van der Waals surface area contributed by atoms with Gasteiger partial charge in [-0.25, -0.2) is 0 Å². The minimum absolute atomic E-state index is 0.0389. The summed E-state index contributed by atoms with van der Waals surface area (Å²) in [4.78, 5) is 37.0. The van der Waals surface area contributed by atoms with Crippen molar-refractivity contribution in [2.24, 2.45) is 5.92 Å². The fourth-order valence-electron chi connectivity index (χ4n) is 5.89. The number of halogens is 1. The van der Waals surface area contributed by atoms with E-state index in [9.17, 15) is 9.59 Å². The normalized spacial score (nSPS) is 22.1. The van der Waals surface area contributed by atoms with E-state index in [0.29, 0.717) is 29.1 Å². The van der Waals surface area contributed by atoms with Gasteiger partial charge in [0.15, 0.2) is 0 Å². The maximum Gasteiger partial charge on any atom is 0.268 e. The molecule has 2 amide bonds. The molecule has 0 bridgehead atoms. The van der Waals surface area contributed by atoms with E-state index in [4.69, 9.17) is 16.3 Å². The second kappa shape index (κ2) is 11.5. The number of aromatic nitrogens is 1. The number of H-pyrrole nitrogens is 1. The molecule has 3 fully saturated rings. The molecule has 0 radical (unpaired) electrons. The first-order valence-corrected chi connectivity index (χ1v) is 13.7. The van der Waals surface area contributed by atoms with E-state index in [2.05, 4.69) is 27.1 Å². The molecule has 3 aliphatic heterocycles. The highest BCUT2D eigenvalue weighted by atomic mass is 35.5. The Morgan fingerprint density at radius 2 is 1.78 bits per heavy atom. The van der Waals surface area contributed by atoms with Gasteiger partial charge in [-0.05, 0) is 82.4 Å². The summed E-state index contributed by atoms with van der Waals surface area (Å²) in [5, 5.41) is 4.58. The number of amides is 2. The van der Waals surface area contributed by atoms with Crippen molar-refractivity contribution in [3.63, 3.8) is 0 Å². The topological polar surface area (TPSA) is 80.9 Å². The van der Waals surface area contributed by atoms with Gasteiger partial charge in [0.25, 0.3) is 5.91 Å². The molecule has 4 heterocycles. The number of likely N-dealkylation sites (tertiary alicyclic amines) is 1. The second-order valence-corrected chi connectivity index (χ2v) is 11.1. The van der Waals surface area contributed by atoms with E-state index in [-0.39, 0.29) is 11.8 Å². The third-order valence-electron chi connectivity index (χ3n) is 8.17. The van der Waals surface area contributed by atoms with Crippen molar-refractivity contribution in [2.75, 3.05) is 59.5 Å². The average Bonchev–Trinajstić information content (AvgIpc) is 3.32. The summed E-state index contributed by atoms with van der Waals surface area (Å²) in [6.45, 7) is 6.97. The standard InChI is InChI=1S/C27H38ClN5O3/c1-31-8-4-22(5-9-31)32-10-12-33(13-11-32)27(35)25(16-19-6-14-36-15-7-19)30-26(34)24-18-20-17-21(28)2-3-23(20)29-24/h2-3,17-19,22,25,29H,4-16H2,1H3,(H,30,34)/t25-/m0/s1. The van der Waals surface area contributed by atoms with Crippen LogP contribution < -0.4 is 5.32 Å². The van der Waals surface area contributed by atoms with E-state index in [1.807, 2.05) is 17.0 Å². The third-order valence-corrected chi connectivity index (χ3v) is 8.41. The first-order chi connectivity index (χ1) is 17.5. The highest BCUT2D eigenvalue weighted by molar-refractivity contribution is 6.31. The van der Waals surface area contributed by atoms with Crippen LogP contribution in [-0.2, 0) is 9.53 Å². The zero-order valence-corrected chi connectivity index (χ0v) is 21.9. The van der Waals surface area contributed by atoms with Crippen LogP contribution in [-0.4, -0.2) is 103 Å². The molecular weight excluding hydrogens is 478 g/mol. The van der Waals surface area contributed by atoms with Gasteiger partial charge in [0.05, 0.1) is 0 Å². The molecule has 1 atom stereocenters. The van der Waals surface area contributed by atoms with Crippen LogP contribution >= 0.6 is 11.6 Å². The van der Waals surface area contributed by atoms with E-state index >= 15 is 0 Å². The van der Waals surface area contributed by atoms with E-state index in [0.717, 1.165) is 76.2 Å². The smallest absolute Gasteiger partial charge is 0.268 e. The Balaban J connectivity index is 1.24. The van der Waals surface area contributed by atoms with Crippen molar-refractivity contribution < 1.29 is 14.3 Å². The lowest BCUT2D eigenvalue weighted by Gasteiger charge is -2.43. The van der Waals surface area contributed by atoms with Gasteiger partial charge in [-0.3, -0.25) is 14.5 Å². The van der Waals surface area contributed by atoms with Gasteiger partial charge in [0.2, 0.25) is 5.91 Å². The summed E-state index contributed by atoms with van der Waals surface area (Å²) in [6, 6.07) is 7.37. The molecule has 3 aliphatic rings. The molecule has 0 unspecified atom stereocenters. The van der Waals surface area contributed by atoms with Gasteiger partial charge in [0.1, 0.15) is 11.7 Å². The number of carbonyl (C=O) groups is 2. The molecule has 2 aromatic rings. The van der Waals surface area contributed by atoms with Crippen molar-refractivity contribution in [1.29, 1.82) is 0 Å². The molecule has 2 N–H and O–H groups in total. The third kappa shape index (κ3) is 6.05. The van der Waals surface area contributed by atoms with Crippen molar-refractivity contribution in [3.05, 3.63) is 35.0 Å². The summed E-state index contributed by atoms with van der Waals surface area (Å²) < 4.78 is 5.52. The first-order valence-electron chi connectivity index (χ1n) is 13.3. The quantitative estimate of drug-likeness (QED) is 0.618. The fourth-order valence-corrected chi connectivity index (χ4v) is 6.07. The largest absolute Gasteiger partial charge is 0.381 e. The highest BCUT2D eigenvalue weighted by Gasteiger charge is 2.33. The van der Waals surface area contributed by atoms with Crippen LogP contribution in [0, 0.1) is 5.92 Å². The number of fused-ring (bicyclic) bond motifs is 1. The Bertz CT molecular complexity index is 1050. The number of rotatable bonds is 6. The number of piperidine rings is 1. The molecular formula is C27H38ClN5O3. The van der Waals surface area contributed by atoms with Gasteiger partial charge in [-0.15, -0.1) is 0 Å². The summed E-state index contributed by atoms with van der Waals surface area (Å²) in [5.41, 5.74) is 1.30. The average molecular weight is 516 g/mol. The molecule has 3 saturated heterocycles. The van der Waals surface area contributed by atoms with Gasteiger partial charge in [0, 0.05) is 61.4 Å². The summed E-state index contributed by atoms with van der Waals surface area (Å²) in [7, 11) is 2.19. The number of ether oxygens (including phenoxy) is 1. The van der Waals surface area contributed by atoms with Crippen molar-refractivity contribution in [1.82, 2.24) is 25.0 Å². The van der Waals surface area contributed by atoms with Gasteiger partial charge >= 0.3 is 0 Å². The molecule has 1 aromatic carbocycles. The Labute approximate surface area is 218 Å². The van der Waals surface area contributed by atoms with Gasteiger partial charge < -0.3 is 24.8 Å². The van der Waals surface area contributed by atoms with Crippen LogP contribution in [0.15, 0.2) is 24.3 Å². The monoisotopic (exact) mass is 515 g/mol. The van der Waals surface area contributed by atoms with E-state index < -0.39 is 6.04 Å². The van der Waals surface area contributed by atoms with Crippen LogP contribution in [0.2, 0.25) is 5.02 Å². The molecule has 1 aromatic heterocycles. The summed E-state index contributed by atoms with van der Waals surface area (Å²) in [5.74, 6) is 0.157. The van der Waals surface area contributed by atoms with Crippen LogP contribution in [0.1, 0.15) is 42.6 Å². The number of aromatic amines is 1. The molecule has 0 saturated carbocycles. The molecule has 8 nitrogen and oxygen atoms in total. The lowest BCUT2D eigenvalue weighted by atomic mass is 9.91. The molecule has 196 valence electrons. The van der Waals surface area contributed by atoms with Gasteiger partial charge in [-0.1, -0.05) is 11.6 Å². The molecule has 9 heteroatoms. The maximum absolute atomic E-state index is 13.7. The minimum Gasteiger partial charge on any atom is -0.381 e. The lowest BCUT2D eigenvalue weighted by Crippen LogP contribution is -2.57. The van der Waals surface area contributed by atoms with Crippen molar-refractivity contribution in [2.45, 2.75) is 44.2 Å². The number of benzene rings is 1. The molecule has 0 aliphatic carbocycles. The van der Waals surface area contributed by atoms with Crippen molar-refractivity contribution in [3.8, 4) is 0 Å². The second-order valence-electron chi connectivity index (χ2n) is 10.6. The molecule has 36 heavy (non-hydrogen) atoms. The number of nitrogens with zero attached hydrogens (tertiary/aromatic N) is 3. The Hall–Kier alpha value is -2.13. The summed E-state index contributed by atoms with van der Waals surface area (Å²) in [6.07, 6.45) is 4.89. The first kappa shape index (κ1) is 25.5. The van der Waals surface area contributed by atoms with E-state index in [1.54, 1.807) is 12.1 Å². The number of nitrogens with one attached hydrogen (secondary N) is 2. The summed E-state index contributed by atoms with van der Waals surface area (Å²) >= 11 is 6.11. The predicted octanol–water partition coefficient (Wildman–Crippen LogP) is 2.97. The van der Waals surface area contributed by atoms with Crippen LogP contribution in [0.3, 0.4) is 0 Å². The zero-order valence-electron chi connectivity index (χ0n) is 21.2. The Morgan fingerprint density at radius 3 is 2.50 bits per heavy atom. The SMILES string of the molecule is CN1CCC(N2CCN(C(=O)[C@H](CC3CCOCC3)NC(=O)c3cc4cc(Cl)ccc4[nH]3)CC2)CC1. The lowest BCUT2D eigenvalue weighted by molar-refractivity contribution is -0.136. The van der Waals surface area contributed by atoms with Crippen LogP contribution in [0.25, 0.3) is 10.9 Å². The number of hydrogen-bond donors (Lipinski definition) is 2. The zero-order chi connectivity index (χ0) is 25.1. The van der Waals surface area contributed by atoms with Crippen molar-refractivity contribution >= 4 is 34.3 Å². The van der Waals surface area contributed by atoms with Crippen LogP contribution in [0.5, 0.6) is 0 Å². The Morgan fingerprint density at radius 1 is 1.06 bits per heavy atom. The molecule has 5 rings (SSSR count). The number of hydrogen-bond acceptors (Lipinski definition) is 5. The Kier molecular flexibility index (Phi) is 8.15.